The largest absolute Gasteiger partial charge is 0.397 e. The third-order valence-corrected chi connectivity index (χ3v) is 3.51. The summed E-state index contributed by atoms with van der Waals surface area (Å²) in [7, 11) is 0. The van der Waals surface area contributed by atoms with E-state index in [0.717, 1.165) is 25.7 Å². The van der Waals surface area contributed by atoms with E-state index in [2.05, 4.69) is 5.32 Å². The highest BCUT2D eigenvalue weighted by atomic mass is 16.3. The van der Waals surface area contributed by atoms with Gasteiger partial charge in [0.1, 0.15) is 5.69 Å². The van der Waals surface area contributed by atoms with Crippen LogP contribution in [0.25, 0.3) is 0 Å². The number of carbonyl (C=O) groups excluding carboxylic acids is 1. The number of carbonyl (C=O) groups is 1. The van der Waals surface area contributed by atoms with E-state index in [4.69, 9.17) is 10.8 Å². The fourth-order valence-corrected chi connectivity index (χ4v) is 2.17. The highest BCUT2D eigenvalue weighted by molar-refractivity contribution is 5.93. The number of nitrogen functional groups attached to an aromatic ring is 1. The summed E-state index contributed by atoms with van der Waals surface area (Å²) < 4.78 is 1.99. The van der Waals surface area contributed by atoms with Crippen LogP contribution in [-0.4, -0.2) is 28.7 Å². The Bertz CT molecular complexity index is 438. The van der Waals surface area contributed by atoms with Crippen LogP contribution < -0.4 is 11.1 Å². The van der Waals surface area contributed by atoms with Crippen LogP contribution in [0.4, 0.5) is 5.69 Å². The third-order valence-electron chi connectivity index (χ3n) is 3.51. The number of hydrogen-bond acceptors (Lipinski definition) is 3. The normalized spacial score (nSPS) is 16.3. The summed E-state index contributed by atoms with van der Waals surface area (Å²) in [5, 5.41) is 11.8. The molecule has 1 aliphatic rings. The Morgan fingerprint density at radius 2 is 2.37 bits per heavy atom. The minimum absolute atomic E-state index is 0.0553. The number of aliphatic hydroxyl groups excluding tert-OH is 1. The molecule has 4 N–H and O–H groups in total. The molecule has 1 unspecified atom stereocenters. The van der Waals surface area contributed by atoms with E-state index in [1.165, 1.54) is 0 Å². The van der Waals surface area contributed by atoms with E-state index < -0.39 is 0 Å². The van der Waals surface area contributed by atoms with Gasteiger partial charge in [-0.1, -0.05) is 6.92 Å². The zero-order valence-corrected chi connectivity index (χ0v) is 11.4. The average Bonchev–Trinajstić information content (AvgIpc) is 3.17. The Morgan fingerprint density at radius 1 is 1.63 bits per heavy atom. The number of nitrogens with zero attached hydrogens (tertiary/aromatic N) is 1. The second-order valence-electron chi connectivity index (χ2n) is 5.48. The molecule has 0 bridgehead atoms. The minimum Gasteiger partial charge on any atom is -0.397 e. The van der Waals surface area contributed by atoms with Gasteiger partial charge in [-0.3, -0.25) is 4.79 Å². The lowest BCUT2D eigenvalue weighted by atomic mass is 10.1. The quantitative estimate of drug-likeness (QED) is 0.654. The van der Waals surface area contributed by atoms with Gasteiger partial charge in [0.25, 0.3) is 5.91 Å². The molecule has 106 valence electrons. The summed E-state index contributed by atoms with van der Waals surface area (Å²) in [4.78, 5) is 12.1. The Morgan fingerprint density at radius 3 is 3.00 bits per heavy atom. The molecule has 0 radical (unpaired) electrons. The summed E-state index contributed by atoms with van der Waals surface area (Å²) >= 11 is 0. The maximum absolute atomic E-state index is 12.1. The molecule has 0 spiro atoms. The lowest BCUT2D eigenvalue weighted by molar-refractivity contribution is 0.0942. The number of anilines is 1. The van der Waals surface area contributed by atoms with E-state index in [0.29, 0.717) is 29.9 Å². The number of hydrogen-bond donors (Lipinski definition) is 3. The average molecular weight is 265 g/mol. The lowest BCUT2D eigenvalue weighted by Gasteiger charge is -2.10. The van der Waals surface area contributed by atoms with Gasteiger partial charge in [-0.15, -0.1) is 0 Å². The van der Waals surface area contributed by atoms with Gasteiger partial charge in [0.15, 0.2) is 0 Å². The zero-order chi connectivity index (χ0) is 13.8. The van der Waals surface area contributed by atoms with Gasteiger partial charge in [-0.2, -0.15) is 0 Å². The number of aromatic nitrogens is 1. The predicted octanol–water partition coefficient (Wildman–Crippen LogP) is 1.54. The minimum atomic E-state index is -0.0553. The molecule has 19 heavy (non-hydrogen) atoms. The first-order valence-corrected chi connectivity index (χ1v) is 6.98. The Labute approximate surface area is 113 Å². The Kier molecular flexibility index (Phi) is 4.47. The fraction of sp³-hybridized carbons (Fsp3) is 0.643. The van der Waals surface area contributed by atoms with Crippen LogP contribution >= 0.6 is 0 Å². The molecule has 1 atom stereocenters. The molecule has 1 aromatic rings. The van der Waals surface area contributed by atoms with Crippen molar-refractivity contribution in [2.75, 3.05) is 18.9 Å². The third kappa shape index (κ3) is 3.73. The van der Waals surface area contributed by atoms with Crippen molar-refractivity contribution in [3.8, 4) is 0 Å². The van der Waals surface area contributed by atoms with E-state index in [-0.39, 0.29) is 12.5 Å². The molecule has 5 heteroatoms. The second-order valence-corrected chi connectivity index (χ2v) is 5.48. The molecule has 2 rings (SSSR count). The van der Waals surface area contributed by atoms with Crippen molar-refractivity contribution >= 4 is 11.6 Å². The first-order chi connectivity index (χ1) is 9.11. The molecule has 0 saturated heterocycles. The number of rotatable bonds is 7. The molecule has 1 aromatic heterocycles. The van der Waals surface area contributed by atoms with Crippen molar-refractivity contribution in [3.63, 3.8) is 0 Å². The van der Waals surface area contributed by atoms with Crippen LogP contribution in [0, 0.1) is 5.92 Å². The number of aliphatic hydroxyl groups is 1. The molecular formula is C14H23N3O2. The highest BCUT2D eigenvalue weighted by Gasteiger charge is 2.27. The molecule has 1 aliphatic carbocycles. The summed E-state index contributed by atoms with van der Waals surface area (Å²) in [6, 6.07) is 2.19. The van der Waals surface area contributed by atoms with Crippen molar-refractivity contribution in [2.24, 2.45) is 5.92 Å². The van der Waals surface area contributed by atoms with Gasteiger partial charge in [0, 0.05) is 25.4 Å². The monoisotopic (exact) mass is 265 g/mol. The number of nitrogens with two attached hydrogens (primary N) is 1. The van der Waals surface area contributed by atoms with Crippen LogP contribution in [0.5, 0.6) is 0 Å². The van der Waals surface area contributed by atoms with Crippen LogP contribution in [0.2, 0.25) is 0 Å². The first kappa shape index (κ1) is 13.9. The van der Waals surface area contributed by atoms with Gasteiger partial charge in [0.2, 0.25) is 0 Å². The SMILES string of the molecule is CC(CO)CCCNC(=O)c1cc(N)cn1C1CC1. The van der Waals surface area contributed by atoms with Crippen LogP contribution in [0.3, 0.4) is 0 Å². The van der Waals surface area contributed by atoms with Crippen LogP contribution in [0.15, 0.2) is 12.3 Å². The smallest absolute Gasteiger partial charge is 0.267 e. The first-order valence-electron chi connectivity index (χ1n) is 6.98. The maximum atomic E-state index is 12.1. The number of nitrogens with one attached hydrogen (secondary N) is 1. The molecule has 1 heterocycles. The lowest BCUT2D eigenvalue weighted by Crippen LogP contribution is -2.27. The molecule has 0 aromatic carbocycles. The van der Waals surface area contributed by atoms with Gasteiger partial charge in [-0.25, -0.2) is 0 Å². The van der Waals surface area contributed by atoms with Crippen molar-refractivity contribution < 1.29 is 9.90 Å². The van der Waals surface area contributed by atoms with Crippen molar-refractivity contribution in [3.05, 3.63) is 18.0 Å². The molecule has 1 fully saturated rings. The van der Waals surface area contributed by atoms with E-state index >= 15 is 0 Å². The standard InChI is InChI=1S/C14H23N3O2/c1-10(9-18)3-2-6-16-14(19)13-7-11(15)8-17(13)12-4-5-12/h7-8,10,12,18H,2-6,9,15H2,1H3,(H,16,19). The second kappa shape index (κ2) is 6.10. The maximum Gasteiger partial charge on any atom is 0.267 e. The molecule has 0 aliphatic heterocycles. The highest BCUT2D eigenvalue weighted by Crippen LogP contribution is 2.37. The van der Waals surface area contributed by atoms with Gasteiger partial charge in [0.05, 0.1) is 5.69 Å². The Hall–Kier alpha value is -1.49. The van der Waals surface area contributed by atoms with Crippen molar-refractivity contribution in [2.45, 2.75) is 38.6 Å². The van der Waals surface area contributed by atoms with E-state index in [9.17, 15) is 4.79 Å². The summed E-state index contributed by atoms with van der Waals surface area (Å²) in [5.41, 5.74) is 7.07. The van der Waals surface area contributed by atoms with E-state index in [1.54, 1.807) is 6.07 Å². The van der Waals surface area contributed by atoms with Gasteiger partial charge in [-0.05, 0) is 37.7 Å². The summed E-state index contributed by atoms with van der Waals surface area (Å²) in [6.07, 6.45) is 5.90. The molecule has 1 amide bonds. The molecule has 1 saturated carbocycles. The van der Waals surface area contributed by atoms with Crippen LogP contribution in [-0.2, 0) is 0 Å². The zero-order valence-electron chi connectivity index (χ0n) is 11.4. The summed E-state index contributed by atoms with van der Waals surface area (Å²) in [5.74, 6) is 0.239. The Balaban J connectivity index is 1.83. The van der Waals surface area contributed by atoms with E-state index in [1.807, 2.05) is 17.7 Å². The summed E-state index contributed by atoms with van der Waals surface area (Å²) in [6.45, 7) is 2.84. The van der Waals surface area contributed by atoms with Crippen LogP contribution in [0.1, 0.15) is 49.1 Å². The molecular weight excluding hydrogens is 242 g/mol. The number of amides is 1. The van der Waals surface area contributed by atoms with Crippen molar-refractivity contribution in [1.82, 2.24) is 9.88 Å². The fourth-order valence-electron chi connectivity index (χ4n) is 2.17. The predicted molar refractivity (Wildman–Crippen MR) is 74.9 cm³/mol. The van der Waals surface area contributed by atoms with Gasteiger partial charge >= 0.3 is 0 Å². The van der Waals surface area contributed by atoms with Gasteiger partial charge < -0.3 is 20.7 Å². The molecule has 5 nitrogen and oxygen atoms in total. The topological polar surface area (TPSA) is 80.3 Å². The van der Waals surface area contributed by atoms with Crippen molar-refractivity contribution in [1.29, 1.82) is 0 Å².